The fraction of sp³-hybridized carbons (Fsp3) is 0.714. The summed E-state index contributed by atoms with van der Waals surface area (Å²) in [6.07, 6.45) is 5.64. The molecule has 1 amide bonds. The Morgan fingerprint density at radius 1 is 1.45 bits per heavy atom. The van der Waals surface area contributed by atoms with Gasteiger partial charge in [0.2, 0.25) is 5.91 Å². The van der Waals surface area contributed by atoms with Crippen molar-refractivity contribution in [2.45, 2.75) is 50.6 Å². The molecule has 1 aliphatic rings. The smallest absolute Gasteiger partial charge is 0.260 e. The van der Waals surface area contributed by atoms with Crippen LogP contribution < -0.4 is 10.0 Å². The molecule has 1 fully saturated rings. The molecule has 0 unspecified atom stereocenters. The highest BCUT2D eigenvalue weighted by Gasteiger charge is 2.22. The molecule has 1 saturated carbocycles. The monoisotopic (exact) mass is 328 g/mol. The Bertz CT molecular complexity index is 619. The summed E-state index contributed by atoms with van der Waals surface area (Å²) in [5.41, 5.74) is 0. The largest absolute Gasteiger partial charge is 0.352 e. The zero-order valence-electron chi connectivity index (χ0n) is 13.3. The normalized spacial score (nSPS) is 22.5. The average Bonchev–Trinajstić information content (AvgIpc) is 2.78. The minimum Gasteiger partial charge on any atom is -0.352 e. The van der Waals surface area contributed by atoms with Gasteiger partial charge < -0.3 is 9.88 Å². The number of carbonyl (C=O) groups is 1. The van der Waals surface area contributed by atoms with Gasteiger partial charge in [-0.25, -0.2) is 18.1 Å². The first-order valence-corrected chi connectivity index (χ1v) is 9.05. The van der Waals surface area contributed by atoms with Crippen LogP contribution in [0.5, 0.6) is 0 Å². The van der Waals surface area contributed by atoms with E-state index in [1.165, 1.54) is 12.6 Å². The lowest BCUT2D eigenvalue weighted by molar-refractivity contribution is -0.120. The van der Waals surface area contributed by atoms with E-state index in [0.717, 1.165) is 19.3 Å². The van der Waals surface area contributed by atoms with Gasteiger partial charge in [0, 0.05) is 19.3 Å². The van der Waals surface area contributed by atoms with Gasteiger partial charge in [0.05, 0.1) is 6.54 Å². The molecule has 0 saturated heterocycles. The Balaban J connectivity index is 1.87. The van der Waals surface area contributed by atoms with E-state index in [9.17, 15) is 13.2 Å². The van der Waals surface area contributed by atoms with E-state index in [2.05, 4.69) is 21.9 Å². The standard InChI is InChI=1S/C14H24N4O3S/c1-10-5-4-6-12(7-10)17-13(19)8-15-22(20,21)14-9-18(3)11(2)16-14/h9-10,12,15H,4-8H2,1-3H3,(H,17,19)/t10-,12+/m1/s1. The Morgan fingerprint density at radius 3 is 2.77 bits per heavy atom. The number of amides is 1. The fourth-order valence-corrected chi connectivity index (χ4v) is 3.75. The molecule has 0 radical (unpaired) electrons. The van der Waals surface area contributed by atoms with Crippen molar-refractivity contribution in [3.8, 4) is 0 Å². The van der Waals surface area contributed by atoms with E-state index in [4.69, 9.17) is 0 Å². The Labute approximate surface area is 131 Å². The molecule has 7 nitrogen and oxygen atoms in total. The number of carbonyl (C=O) groups excluding carboxylic acids is 1. The van der Waals surface area contributed by atoms with Crippen LogP contribution in [0.3, 0.4) is 0 Å². The molecular formula is C14H24N4O3S. The van der Waals surface area contributed by atoms with Crippen LogP contribution in [0.2, 0.25) is 0 Å². The van der Waals surface area contributed by atoms with E-state index < -0.39 is 10.0 Å². The highest BCUT2D eigenvalue weighted by atomic mass is 32.2. The first-order chi connectivity index (χ1) is 10.3. The van der Waals surface area contributed by atoms with E-state index in [0.29, 0.717) is 11.7 Å². The third kappa shape index (κ3) is 4.30. The summed E-state index contributed by atoms with van der Waals surface area (Å²) < 4.78 is 28.1. The number of nitrogens with one attached hydrogen (secondary N) is 2. The number of rotatable bonds is 5. The fourth-order valence-electron chi connectivity index (χ4n) is 2.73. The van der Waals surface area contributed by atoms with Gasteiger partial charge in [-0.15, -0.1) is 0 Å². The Hall–Kier alpha value is -1.41. The molecule has 2 rings (SSSR count). The van der Waals surface area contributed by atoms with Crippen molar-refractivity contribution < 1.29 is 13.2 Å². The number of nitrogens with zero attached hydrogens (tertiary/aromatic N) is 2. The first-order valence-electron chi connectivity index (χ1n) is 7.57. The third-order valence-electron chi connectivity index (χ3n) is 4.09. The van der Waals surface area contributed by atoms with E-state index in [-0.39, 0.29) is 23.5 Å². The van der Waals surface area contributed by atoms with Crippen LogP contribution in [0.4, 0.5) is 0 Å². The van der Waals surface area contributed by atoms with Crippen molar-refractivity contribution in [2.75, 3.05) is 6.54 Å². The molecule has 2 N–H and O–H groups in total. The zero-order valence-corrected chi connectivity index (χ0v) is 14.1. The van der Waals surface area contributed by atoms with Crippen molar-refractivity contribution in [2.24, 2.45) is 13.0 Å². The van der Waals surface area contributed by atoms with Crippen LogP contribution in [-0.4, -0.2) is 36.5 Å². The second-order valence-corrected chi connectivity index (χ2v) is 7.81. The Kier molecular flexibility index (Phi) is 5.23. The molecule has 0 bridgehead atoms. The topological polar surface area (TPSA) is 93.1 Å². The second kappa shape index (κ2) is 6.78. The van der Waals surface area contributed by atoms with Crippen LogP contribution in [-0.2, 0) is 21.9 Å². The van der Waals surface area contributed by atoms with Crippen molar-refractivity contribution in [1.29, 1.82) is 0 Å². The molecule has 0 spiro atoms. The number of hydrogen-bond donors (Lipinski definition) is 2. The lowest BCUT2D eigenvalue weighted by Crippen LogP contribution is -2.43. The minimum atomic E-state index is -3.75. The predicted molar refractivity (Wildman–Crippen MR) is 82.7 cm³/mol. The summed E-state index contributed by atoms with van der Waals surface area (Å²) in [6, 6.07) is 0.151. The number of aryl methyl sites for hydroxylation is 2. The lowest BCUT2D eigenvalue weighted by atomic mass is 9.87. The summed E-state index contributed by atoms with van der Waals surface area (Å²) in [7, 11) is -2.03. The van der Waals surface area contributed by atoms with Crippen molar-refractivity contribution >= 4 is 15.9 Å². The maximum absolute atomic E-state index is 12.1. The molecule has 0 aliphatic heterocycles. The Morgan fingerprint density at radius 2 is 2.18 bits per heavy atom. The zero-order chi connectivity index (χ0) is 16.3. The van der Waals surface area contributed by atoms with E-state index >= 15 is 0 Å². The van der Waals surface area contributed by atoms with Crippen molar-refractivity contribution in [3.63, 3.8) is 0 Å². The van der Waals surface area contributed by atoms with Gasteiger partial charge in [0.1, 0.15) is 5.82 Å². The second-order valence-electron chi connectivity index (χ2n) is 6.10. The maximum Gasteiger partial charge on any atom is 0.260 e. The summed E-state index contributed by atoms with van der Waals surface area (Å²) in [6.45, 7) is 3.63. The van der Waals surface area contributed by atoms with E-state index in [1.54, 1.807) is 18.5 Å². The number of aromatic nitrogens is 2. The van der Waals surface area contributed by atoms with Gasteiger partial charge in [0.15, 0.2) is 5.03 Å². The predicted octanol–water partition coefficient (Wildman–Crippen LogP) is 0.702. The van der Waals surface area contributed by atoms with Crippen LogP contribution in [0.25, 0.3) is 0 Å². The molecule has 1 aromatic rings. The molecular weight excluding hydrogens is 304 g/mol. The molecule has 1 aromatic heterocycles. The summed E-state index contributed by atoms with van der Waals surface area (Å²) in [4.78, 5) is 15.9. The van der Waals surface area contributed by atoms with Gasteiger partial charge in [-0.05, 0) is 25.7 Å². The average molecular weight is 328 g/mol. The number of sulfonamides is 1. The van der Waals surface area contributed by atoms with Crippen molar-refractivity contribution in [1.82, 2.24) is 19.6 Å². The van der Waals surface area contributed by atoms with E-state index in [1.807, 2.05) is 0 Å². The highest BCUT2D eigenvalue weighted by molar-refractivity contribution is 7.89. The quantitative estimate of drug-likeness (QED) is 0.832. The van der Waals surface area contributed by atoms with Crippen LogP contribution >= 0.6 is 0 Å². The SMILES string of the molecule is Cc1nc(S(=O)(=O)NCC(=O)N[C@H]2CCC[C@@H](C)C2)cn1C. The van der Waals surface area contributed by atoms with Gasteiger partial charge in [-0.1, -0.05) is 19.8 Å². The molecule has 22 heavy (non-hydrogen) atoms. The van der Waals surface area contributed by atoms with Gasteiger partial charge >= 0.3 is 0 Å². The first kappa shape index (κ1) is 17.0. The number of imidazole rings is 1. The van der Waals surface area contributed by atoms with Crippen molar-refractivity contribution in [3.05, 3.63) is 12.0 Å². The lowest BCUT2D eigenvalue weighted by Gasteiger charge is -2.27. The third-order valence-corrected chi connectivity index (χ3v) is 5.36. The van der Waals surface area contributed by atoms with Gasteiger partial charge in [0.25, 0.3) is 10.0 Å². The molecule has 1 aliphatic carbocycles. The van der Waals surface area contributed by atoms with Crippen LogP contribution in [0.1, 0.15) is 38.4 Å². The molecule has 8 heteroatoms. The number of hydrogen-bond acceptors (Lipinski definition) is 4. The summed E-state index contributed by atoms with van der Waals surface area (Å²) >= 11 is 0. The van der Waals surface area contributed by atoms with Gasteiger partial charge in [-0.3, -0.25) is 4.79 Å². The molecule has 124 valence electrons. The molecule has 1 heterocycles. The highest BCUT2D eigenvalue weighted by Crippen LogP contribution is 2.23. The molecule has 0 aromatic carbocycles. The van der Waals surface area contributed by atoms with Gasteiger partial charge in [-0.2, -0.15) is 0 Å². The minimum absolute atomic E-state index is 0.0633. The summed E-state index contributed by atoms with van der Waals surface area (Å²) in [5.74, 6) is 0.906. The summed E-state index contributed by atoms with van der Waals surface area (Å²) in [5, 5.41) is 2.84. The van der Waals surface area contributed by atoms with Crippen LogP contribution in [0, 0.1) is 12.8 Å². The molecule has 2 atom stereocenters. The maximum atomic E-state index is 12.1. The van der Waals surface area contributed by atoms with Crippen LogP contribution in [0.15, 0.2) is 11.2 Å².